The first-order valence-electron chi connectivity index (χ1n) is 14.9. The van der Waals surface area contributed by atoms with Crippen LogP contribution in [0, 0.1) is 0 Å². The van der Waals surface area contributed by atoms with Crippen LogP contribution in [-0.4, -0.2) is 61.3 Å². The normalized spacial score (nSPS) is 12.2. The lowest BCUT2D eigenvalue weighted by Crippen LogP contribution is -2.46. The highest BCUT2D eigenvalue weighted by molar-refractivity contribution is 4.53. The van der Waals surface area contributed by atoms with Gasteiger partial charge in [0.25, 0.3) is 0 Å². The summed E-state index contributed by atoms with van der Waals surface area (Å²) < 4.78 is 0.665. The Balaban J connectivity index is 3.12. The van der Waals surface area contributed by atoms with E-state index in [-0.39, 0.29) is 0 Å². The largest absolute Gasteiger partial charge is 0.364 e. The maximum Gasteiger partial charge on any atom is 0.202 e. The summed E-state index contributed by atoms with van der Waals surface area (Å²) in [5.74, 6) is 0. The molecular weight excluding hydrogens is 408 g/mol. The van der Waals surface area contributed by atoms with Crippen molar-refractivity contribution in [2.24, 2.45) is 0 Å². The summed E-state index contributed by atoms with van der Waals surface area (Å²) >= 11 is 0. The summed E-state index contributed by atoms with van der Waals surface area (Å²) in [5, 5.41) is 21.7. The first-order valence-corrected chi connectivity index (χ1v) is 14.9. The van der Waals surface area contributed by atoms with Crippen LogP contribution in [0.25, 0.3) is 0 Å². The topological polar surface area (TPSA) is 52.5 Å². The van der Waals surface area contributed by atoms with Crippen molar-refractivity contribution in [2.75, 3.05) is 40.3 Å². The van der Waals surface area contributed by atoms with Crippen LogP contribution < -0.4 is 5.32 Å². The Hall–Kier alpha value is -0.160. The number of rotatable bonds is 27. The number of quaternary nitrogens is 1. The van der Waals surface area contributed by atoms with Gasteiger partial charge in [0.05, 0.1) is 20.6 Å². The predicted molar refractivity (Wildman–Crippen MR) is 146 cm³/mol. The van der Waals surface area contributed by atoms with Crippen LogP contribution >= 0.6 is 0 Å². The molecule has 0 aromatic carbocycles. The van der Waals surface area contributed by atoms with E-state index in [0.29, 0.717) is 11.0 Å². The second kappa shape index (κ2) is 24.9. The molecular formula is C29H63N2O2+. The number of likely N-dealkylation sites (N-methyl/N-ethyl adjacent to an activating group) is 1. The molecule has 3 N–H and O–H groups in total. The predicted octanol–water partition coefficient (Wildman–Crippen LogP) is 7.18. The molecule has 0 aromatic heterocycles. The summed E-state index contributed by atoms with van der Waals surface area (Å²) in [5.41, 5.74) is 0. The third-order valence-corrected chi connectivity index (χ3v) is 6.98. The Morgan fingerprint density at radius 3 is 1.21 bits per heavy atom. The van der Waals surface area contributed by atoms with Crippen molar-refractivity contribution in [2.45, 2.75) is 148 Å². The minimum Gasteiger partial charge on any atom is -0.364 e. The summed E-state index contributed by atoms with van der Waals surface area (Å²) in [4.78, 5) is 0. The lowest BCUT2D eigenvalue weighted by atomic mass is 10.0. The Bertz CT molecular complexity index is 375. The fourth-order valence-corrected chi connectivity index (χ4v) is 4.80. The molecule has 0 saturated heterocycles. The zero-order chi connectivity index (χ0) is 24.5. The second-order valence-electron chi connectivity index (χ2n) is 11.1. The van der Waals surface area contributed by atoms with Gasteiger partial charge in [0.2, 0.25) is 6.29 Å². The Morgan fingerprint density at radius 2 is 0.848 bits per heavy atom. The van der Waals surface area contributed by atoms with Gasteiger partial charge in [-0.3, -0.25) is 0 Å². The van der Waals surface area contributed by atoms with Gasteiger partial charge in [-0.25, -0.2) is 0 Å². The first kappa shape index (κ1) is 32.8. The number of hydrogen-bond donors (Lipinski definition) is 3. The molecule has 0 aliphatic rings. The minimum atomic E-state index is -1.21. The van der Waals surface area contributed by atoms with E-state index >= 15 is 0 Å². The Kier molecular flexibility index (Phi) is 24.8. The molecule has 33 heavy (non-hydrogen) atoms. The van der Waals surface area contributed by atoms with E-state index in [1.54, 1.807) is 0 Å². The fraction of sp³-hybridized carbons (Fsp3) is 1.00. The summed E-state index contributed by atoms with van der Waals surface area (Å²) in [7, 11) is 4.11. The maximum absolute atomic E-state index is 9.10. The molecule has 0 aliphatic carbocycles. The SMILES string of the molecule is CCCCCCCCCCCCCCCCCCCCCCNCCC[N+](C)(C)CC(O)O. The van der Waals surface area contributed by atoms with Crippen LogP contribution in [0.5, 0.6) is 0 Å². The number of hydrogen-bond acceptors (Lipinski definition) is 3. The Morgan fingerprint density at radius 1 is 0.515 bits per heavy atom. The molecule has 0 fully saturated rings. The van der Waals surface area contributed by atoms with Crippen LogP contribution in [0.1, 0.15) is 142 Å². The van der Waals surface area contributed by atoms with Crippen LogP contribution in [0.15, 0.2) is 0 Å². The number of unbranched alkanes of at least 4 members (excludes halogenated alkanes) is 19. The molecule has 0 heterocycles. The van der Waals surface area contributed by atoms with Gasteiger partial charge in [-0.05, 0) is 13.0 Å². The van der Waals surface area contributed by atoms with Crippen LogP contribution in [0.3, 0.4) is 0 Å². The molecule has 0 unspecified atom stereocenters. The van der Waals surface area contributed by atoms with E-state index in [0.717, 1.165) is 26.1 Å². The van der Waals surface area contributed by atoms with Gasteiger partial charge in [-0.2, -0.15) is 0 Å². The molecule has 0 aliphatic heterocycles. The zero-order valence-corrected chi connectivity index (χ0v) is 23.1. The average molecular weight is 472 g/mol. The Labute approximate surface area is 208 Å². The summed E-state index contributed by atoms with van der Waals surface area (Å²) in [6.45, 7) is 5.82. The van der Waals surface area contributed by atoms with Gasteiger partial charge in [0.1, 0.15) is 6.54 Å². The molecule has 0 radical (unpaired) electrons. The third-order valence-electron chi connectivity index (χ3n) is 6.98. The number of aliphatic hydroxyl groups is 2. The van der Waals surface area contributed by atoms with Gasteiger partial charge in [-0.1, -0.05) is 129 Å². The van der Waals surface area contributed by atoms with Gasteiger partial charge in [0.15, 0.2) is 0 Å². The standard InChI is InChI=1S/C29H63N2O2/c1-4-5-6-7-8-9-10-11-12-13-14-15-16-17-18-19-20-21-22-23-25-30-26-24-27-31(2,3)28-29(32)33/h29-30,32-33H,4-28H2,1-3H3/q+1. The monoisotopic (exact) mass is 471 g/mol. The van der Waals surface area contributed by atoms with Crippen molar-refractivity contribution in [3.63, 3.8) is 0 Å². The zero-order valence-electron chi connectivity index (χ0n) is 23.1. The quantitative estimate of drug-likeness (QED) is 0.0676. The number of nitrogens with one attached hydrogen (secondary N) is 1. The molecule has 4 heteroatoms. The number of aliphatic hydroxyl groups excluding tert-OH is 1. The minimum absolute atomic E-state index is 0.402. The van der Waals surface area contributed by atoms with Crippen LogP contribution in [-0.2, 0) is 0 Å². The molecule has 0 atom stereocenters. The molecule has 4 nitrogen and oxygen atoms in total. The lowest BCUT2D eigenvalue weighted by molar-refractivity contribution is -0.896. The fourth-order valence-electron chi connectivity index (χ4n) is 4.80. The lowest BCUT2D eigenvalue weighted by Gasteiger charge is -2.30. The van der Waals surface area contributed by atoms with Crippen molar-refractivity contribution < 1.29 is 14.7 Å². The second-order valence-corrected chi connectivity index (χ2v) is 11.1. The molecule has 0 saturated carbocycles. The summed E-state index contributed by atoms with van der Waals surface area (Å²) in [6.07, 6.45) is 28.5. The van der Waals surface area contributed by atoms with Crippen LogP contribution in [0.4, 0.5) is 0 Å². The highest BCUT2D eigenvalue weighted by Gasteiger charge is 2.17. The first-order chi connectivity index (χ1) is 16.0. The van der Waals surface area contributed by atoms with E-state index in [4.69, 9.17) is 10.2 Å². The van der Waals surface area contributed by atoms with Crippen molar-refractivity contribution in [3.8, 4) is 0 Å². The van der Waals surface area contributed by atoms with Crippen LogP contribution in [0.2, 0.25) is 0 Å². The maximum atomic E-state index is 9.10. The highest BCUT2D eigenvalue weighted by atomic mass is 16.5. The van der Waals surface area contributed by atoms with E-state index in [1.807, 2.05) is 0 Å². The van der Waals surface area contributed by atoms with Crippen molar-refractivity contribution in [1.29, 1.82) is 0 Å². The van der Waals surface area contributed by atoms with E-state index in [1.165, 1.54) is 128 Å². The third kappa shape index (κ3) is 28.0. The van der Waals surface area contributed by atoms with Crippen molar-refractivity contribution >= 4 is 0 Å². The molecule has 0 aromatic rings. The van der Waals surface area contributed by atoms with E-state index < -0.39 is 6.29 Å². The molecule has 0 bridgehead atoms. The van der Waals surface area contributed by atoms with Crippen molar-refractivity contribution in [3.05, 3.63) is 0 Å². The smallest absolute Gasteiger partial charge is 0.202 e. The van der Waals surface area contributed by atoms with Gasteiger partial charge in [-0.15, -0.1) is 0 Å². The molecule has 0 amide bonds. The highest BCUT2D eigenvalue weighted by Crippen LogP contribution is 2.14. The van der Waals surface area contributed by atoms with Gasteiger partial charge in [0, 0.05) is 13.0 Å². The number of nitrogens with zero attached hydrogens (tertiary/aromatic N) is 1. The molecule has 0 spiro atoms. The van der Waals surface area contributed by atoms with E-state index in [9.17, 15) is 0 Å². The molecule has 0 rings (SSSR count). The average Bonchev–Trinajstić information content (AvgIpc) is 2.75. The van der Waals surface area contributed by atoms with Crippen molar-refractivity contribution in [1.82, 2.24) is 5.32 Å². The summed E-state index contributed by atoms with van der Waals surface area (Å²) in [6, 6.07) is 0. The van der Waals surface area contributed by atoms with Gasteiger partial charge < -0.3 is 20.0 Å². The molecule has 200 valence electrons. The van der Waals surface area contributed by atoms with E-state index in [2.05, 4.69) is 26.3 Å². The van der Waals surface area contributed by atoms with Gasteiger partial charge >= 0.3 is 0 Å².